The first-order valence-electron chi connectivity index (χ1n) is 9.30. The molecule has 0 unspecified atom stereocenters. The van der Waals surface area contributed by atoms with Crippen LogP contribution in [0.5, 0.6) is 0 Å². The van der Waals surface area contributed by atoms with Crippen molar-refractivity contribution in [2.24, 2.45) is 5.92 Å². The average Bonchev–Trinajstić information content (AvgIpc) is 2.69. The Balaban J connectivity index is 0.00000280. The van der Waals surface area contributed by atoms with Gasteiger partial charge in [0.2, 0.25) is 0 Å². The first kappa shape index (κ1) is 22.4. The minimum Gasteiger partial charge on any atom is -0.339 e. The molecule has 0 aromatic heterocycles. The van der Waals surface area contributed by atoms with Gasteiger partial charge in [-0.05, 0) is 62.2 Å². The van der Waals surface area contributed by atoms with Gasteiger partial charge in [-0.15, -0.1) is 12.4 Å². The highest BCUT2D eigenvalue weighted by molar-refractivity contribution is 7.90. The minimum atomic E-state index is -3.43. The van der Waals surface area contributed by atoms with Crippen LogP contribution < -0.4 is 5.32 Å². The molecule has 0 saturated carbocycles. The maximum atomic E-state index is 12.7. The highest BCUT2D eigenvalue weighted by Crippen LogP contribution is 2.21. The van der Waals surface area contributed by atoms with Gasteiger partial charge in [-0.1, -0.05) is 30.3 Å². The van der Waals surface area contributed by atoms with Crippen LogP contribution in [0.15, 0.2) is 59.5 Å². The quantitative estimate of drug-likeness (QED) is 0.776. The maximum absolute atomic E-state index is 12.7. The van der Waals surface area contributed by atoms with Gasteiger partial charge in [-0.3, -0.25) is 4.79 Å². The van der Waals surface area contributed by atoms with E-state index in [1.54, 1.807) is 36.4 Å². The van der Waals surface area contributed by atoms with Crippen molar-refractivity contribution in [3.05, 3.63) is 65.7 Å². The topological polar surface area (TPSA) is 66.5 Å². The van der Waals surface area contributed by atoms with Crippen LogP contribution in [0.25, 0.3) is 0 Å². The lowest BCUT2D eigenvalue weighted by Crippen LogP contribution is -2.40. The van der Waals surface area contributed by atoms with E-state index in [-0.39, 0.29) is 29.0 Å². The van der Waals surface area contributed by atoms with Crippen molar-refractivity contribution >= 4 is 28.2 Å². The molecule has 152 valence electrons. The van der Waals surface area contributed by atoms with E-state index in [2.05, 4.69) is 5.32 Å². The minimum absolute atomic E-state index is 0. The highest BCUT2D eigenvalue weighted by Gasteiger charge is 2.24. The molecule has 1 aliphatic heterocycles. The van der Waals surface area contributed by atoms with E-state index in [0.29, 0.717) is 11.5 Å². The smallest absolute Gasteiger partial charge is 0.253 e. The summed E-state index contributed by atoms with van der Waals surface area (Å²) in [5.74, 6) is 0.551. The molecular formula is C21H27ClN2O3S. The summed E-state index contributed by atoms with van der Waals surface area (Å²) >= 11 is 0. The Morgan fingerprint density at radius 3 is 2.21 bits per heavy atom. The molecule has 28 heavy (non-hydrogen) atoms. The number of carbonyl (C=O) groups excluding carboxylic acids is 1. The molecular weight excluding hydrogens is 396 g/mol. The highest BCUT2D eigenvalue weighted by atomic mass is 35.5. The number of halogens is 1. The number of hydrogen-bond donors (Lipinski definition) is 1. The van der Waals surface area contributed by atoms with Gasteiger partial charge in [0.15, 0.2) is 9.84 Å². The summed E-state index contributed by atoms with van der Waals surface area (Å²) < 4.78 is 25.2. The second kappa shape index (κ2) is 10.0. The first-order chi connectivity index (χ1) is 13.0. The summed E-state index contributed by atoms with van der Waals surface area (Å²) in [6.45, 7) is 2.48. The summed E-state index contributed by atoms with van der Waals surface area (Å²) in [5, 5.41) is 3.19. The molecule has 1 saturated heterocycles. The zero-order valence-corrected chi connectivity index (χ0v) is 17.6. The van der Waals surface area contributed by atoms with Crippen molar-refractivity contribution in [3.8, 4) is 0 Å². The van der Waals surface area contributed by atoms with Crippen molar-refractivity contribution in [1.29, 1.82) is 0 Å². The van der Waals surface area contributed by atoms with Gasteiger partial charge in [0, 0.05) is 18.7 Å². The number of carbonyl (C=O) groups is 1. The molecule has 5 nitrogen and oxygen atoms in total. The Kier molecular flexibility index (Phi) is 8.04. The van der Waals surface area contributed by atoms with Crippen molar-refractivity contribution in [1.82, 2.24) is 10.2 Å². The molecule has 2 aromatic rings. The van der Waals surface area contributed by atoms with Crippen molar-refractivity contribution in [2.45, 2.75) is 23.5 Å². The zero-order valence-electron chi connectivity index (χ0n) is 16.0. The second-order valence-electron chi connectivity index (χ2n) is 7.06. The van der Waals surface area contributed by atoms with Crippen molar-refractivity contribution < 1.29 is 13.2 Å². The third-order valence-electron chi connectivity index (χ3n) is 5.05. The monoisotopic (exact) mass is 422 g/mol. The number of nitrogens with zero attached hydrogens (tertiary/aromatic N) is 1. The molecule has 0 spiro atoms. The molecule has 1 fully saturated rings. The Hall–Kier alpha value is -1.89. The van der Waals surface area contributed by atoms with Crippen LogP contribution in [0, 0.1) is 5.92 Å². The standard InChI is InChI=1S/C21H26N2O3S.ClH/c1-22-15-17-11-13-23(14-12-17)21(24)19-7-9-20(10-8-19)27(25,26)16-18-5-3-2-4-6-18;/h2-10,17,22H,11-16H2,1H3;1H. The number of amides is 1. The third-order valence-corrected chi connectivity index (χ3v) is 6.76. The molecule has 7 heteroatoms. The molecule has 1 N–H and O–H groups in total. The molecule has 0 aliphatic carbocycles. The summed E-state index contributed by atoms with van der Waals surface area (Å²) in [4.78, 5) is 14.8. The fraction of sp³-hybridized carbons (Fsp3) is 0.381. The van der Waals surface area contributed by atoms with Gasteiger partial charge in [-0.25, -0.2) is 8.42 Å². The fourth-order valence-electron chi connectivity index (χ4n) is 3.49. The number of benzene rings is 2. The Bertz CT molecular complexity index is 862. The van der Waals surface area contributed by atoms with Crippen molar-refractivity contribution in [3.63, 3.8) is 0 Å². The van der Waals surface area contributed by atoms with E-state index in [0.717, 1.165) is 38.0 Å². The SMILES string of the molecule is CNCC1CCN(C(=O)c2ccc(S(=O)(=O)Cc3ccccc3)cc2)CC1.Cl. The number of piperidine rings is 1. The fourth-order valence-corrected chi connectivity index (χ4v) is 4.84. The Morgan fingerprint density at radius 2 is 1.64 bits per heavy atom. The van der Waals surface area contributed by atoms with Crippen LogP contribution in [0.3, 0.4) is 0 Å². The molecule has 0 atom stereocenters. The number of sulfone groups is 1. The second-order valence-corrected chi connectivity index (χ2v) is 9.05. The largest absolute Gasteiger partial charge is 0.339 e. The summed E-state index contributed by atoms with van der Waals surface area (Å²) in [7, 11) is -1.48. The van der Waals surface area contributed by atoms with Crippen LogP contribution in [0.4, 0.5) is 0 Å². The third kappa shape index (κ3) is 5.56. The van der Waals surface area contributed by atoms with Crippen molar-refractivity contribution in [2.75, 3.05) is 26.7 Å². The summed E-state index contributed by atoms with van der Waals surface area (Å²) in [5.41, 5.74) is 1.29. The lowest BCUT2D eigenvalue weighted by atomic mass is 9.96. The Morgan fingerprint density at radius 1 is 1.04 bits per heavy atom. The maximum Gasteiger partial charge on any atom is 0.253 e. The lowest BCUT2D eigenvalue weighted by Gasteiger charge is -2.32. The van der Waals surface area contributed by atoms with E-state index in [1.807, 2.05) is 30.1 Å². The summed E-state index contributed by atoms with van der Waals surface area (Å²) in [6, 6.07) is 15.4. The number of rotatable bonds is 6. The predicted molar refractivity (Wildman–Crippen MR) is 114 cm³/mol. The van der Waals surface area contributed by atoms with E-state index in [1.165, 1.54) is 0 Å². The van der Waals surface area contributed by atoms with Gasteiger partial charge in [0.05, 0.1) is 10.6 Å². The van der Waals surface area contributed by atoms with Gasteiger partial charge >= 0.3 is 0 Å². The first-order valence-corrected chi connectivity index (χ1v) is 11.0. The van der Waals surface area contributed by atoms with E-state index < -0.39 is 9.84 Å². The van der Waals surface area contributed by atoms with E-state index in [4.69, 9.17) is 0 Å². The zero-order chi connectivity index (χ0) is 19.3. The predicted octanol–water partition coefficient (Wildman–Crippen LogP) is 3.15. The average molecular weight is 423 g/mol. The lowest BCUT2D eigenvalue weighted by molar-refractivity contribution is 0.0691. The molecule has 0 bridgehead atoms. The molecule has 2 aromatic carbocycles. The van der Waals surface area contributed by atoms with E-state index >= 15 is 0 Å². The Labute approximate surface area is 173 Å². The van der Waals surface area contributed by atoms with Gasteiger partial charge in [-0.2, -0.15) is 0 Å². The number of likely N-dealkylation sites (tertiary alicyclic amines) is 1. The van der Waals surface area contributed by atoms with Crippen LogP contribution in [0.2, 0.25) is 0 Å². The van der Waals surface area contributed by atoms with Gasteiger partial charge in [0.25, 0.3) is 5.91 Å². The molecule has 3 rings (SSSR count). The molecule has 1 amide bonds. The molecule has 0 radical (unpaired) electrons. The van der Waals surface area contributed by atoms with Gasteiger partial charge in [0.1, 0.15) is 0 Å². The summed E-state index contributed by atoms with van der Waals surface area (Å²) in [6.07, 6.45) is 1.99. The van der Waals surface area contributed by atoms with Gasteiger partial charge < -0.3 is 10.2 Å². The van der Waals surface area contributed by atoms with Crippen LogP contribution in [-0.2, 0) is 15.6 Å². The van der Waals surface area contributed by atoms with Crippen LogP contribution in [0.1, 0.15) is 28.8 Å². The number of nitrogens with one attached hydrogen (secondary N) is 1. The molecule has 1 heterocycles. The van der Waals surface area contributed by atoms with Crippen LogP contribution >= 0.6 is 12.4 Å². The normalized spacial score (nSPS) is 15.1. The van der Waals surface area contributed by atoms with E-state index in [9.17, 15) is 13.2 Å². The number of hydrogen-bond acceptors (Lipinski definition) is 4. The molecule has 1 aliphatic rings. The van der Waals surface area contributed by atoms with Crippen LogP contribution in [-0.4, -0.2) is 45.9 Å².